The number of nitrogens with one attached hydrogen (secondary N) is 2. The Morgan fingerprint density at radius 1 is 1.12 bits per heavy atom. The molecule has 2 N–H and O–H groups in total. The van der Waals surface area contributed by atoms with Crippen LogP contribution < -0.4 is 16.2 Å². The van der Waals surface area contributed by atoms with Gasteiger partial charge in [-0.1, -0.05) is 24.0 Å². The molecule has 1 unspecified atom stereocenters. The molecule has 1 fully saturated rings. The average molecular weight is 456 g/mol. The van der Waals surface area contributed by atoms with Crippen molar-refractivity contribution < 1.29 is 31.1 Å². The number of hydrogen-bond acceptors (Lipinski definition) is 3. The molecule has 2 aromatic rings. The fraction of sp³-hybridized carbons (Fsp3) is 0.350. The molecule has 4 rings (SSSR count). The number of benzene rings is 1. The quantitative estimate of drug-likeness (QED) is 0.536. The van der Waals surface area contributed by atoms with Crippen LogP contribution in [0.1, 0.15) is 29.7 Å². The summed E-state index contributed by atoms with van der Waals surface area (Å²) in [5, 5.41) is 4.18. The van der Waals surface area contributed by atoms with Crippen molar-refractivity contribution in [2.24, 2.45) is 5.92 Å². The molecule has 6 nitrogen and oxygen atoms in total. The number of amides is 2. The molecule has 1 aromatic heterocycles. The molecule has 2 heterocycles. The predicted molar refractivity (Wildman–Crippen MR) is 99.4 cm³/mol. The zero-order valence-corrected chi connectivity index (χ0v) is 16.1. The number of halogens is 6. The molecule has 2 aliphatic rings. The van der Waals surface area contributed by atoms with Crippen molar-refractivity contribution in [3.05, 3.63) is 57.8 Å². The standard InChI is InChI=1S/C20H14F6N4O2/c21-19(22,23)15-8-16(31)30(10-27-15)9-12-3-4-13-14(7-12)28-17(32)29-18(13,20(24,25)26)6-5-11-1-2-11/h3-4,7-8,10-11H,1-2,9H2,(H2,28,29,32). The second-order valence-electron chi connectivity index (χ2n) is 7.49. The summed E-state index contributed by atoms with van der Waals surface area (Å²) in [6.45, 7) is -0.271. The maximum Gasteiger partial charge on any atom is 0.433 e. The number of carbonyl (C=O) groups is 1. The largest absolute Gasteiger partial charge is 0.433 e. The van der Waals surface area contributed by atoms with E-state index in [1.807, 2.05) is 5.32 Å². The molecule has 0 bridgehead atoms. The second-order valence-corrected chi connectivity index (χ2v) is 7.49. The number of anilines is 1. The summed E-state index contributed by atoms with van der Waals surface area (Å²) in [5.74, 6) is 4.61. The van der Waals surface area contributed by atoms with Crippen LogP contribution in [-0.4, -0.2) is 21.8 Å². The average Bonchev–Trinajstić information content (AvgIpc) is 3.50. The van der Waals surface area contributed by atoms with Gasteiger partial charge in [0, 0.05) is 23.2 Å². The molecular formula is C20H14F6N4O2. The minimum atomic E-state index is -4.92. The van der Waals surface area contributed by atoms with Crippen molar-refractivity contribution in [2.75, 3.05) is 5.32 Å². The van der Waals surface area contributed by atoms with E-state index in [0.29, 0.717) is 25.2 Å². The molecule has 0 spiro atoms. The highest BCUT2D eigenvalue weighted by Gasteiger charge is 2.59. The van der Waals surface area contributed by atoms with Crippen molar-refractivity contribution in [3.63, 3.8) is 0 Å². The molecule has 0 saturated heterocycles. The lowest BCUT2D eigenvalue weighted by Crippen LogP contribution is -2.59. The molecule has 32 heavy (non-hydrogen) atoms. The van der Waals surface area contributed by atoms with Crippen LogP contribution in [0.25, 0.3) is 0 Å². The lowest BCUT2D eigenvalue weighted by Gasteiger charge is -2.37. The third-order valence-corrected chi connectivity index (χ3v) is 5.03. The summed E-state index contributed by atoms with van der Waals surface area (Å²) in [6, 6.07) is 2.84. The number of urea groups is 1. The topological polar surface area (TPSA) is 76.0 Å². The Bertz CT molecular complexity index is 1200. The van der Waals surface area contributed by atoms with E-state index in [1.54, 1.807) is 0 Å². The molecule has 1 aromatic carbocycles. The Kier molecular flexibility index (Phi) is 4.95. The first-order valence-corrected chi connectivity index (χ1v) is 9.35. The summed E-state index contributed by atoms with van der Waals surface area (Å²) < 4.78 is 81.1. The third-order valence-electron chi connectivity index (χ3n) is 5.03. The maximum absolute atomic E-state index is 14.1. The van der Waals surface area contributed by atoms with Crippen molar-refractivity contribution >= 4 is 11.7 Å². The number of aromatic nitrogens is 2. The van der Waals surface area contributed by atoms with Crippen molar-refractivity contribution in [2.45, 2.75) is 37.3 Å². The van der Waals surface area contributed by atoms with Gasteiger partial charge in [0.2, 0.25) is 5.54 Å². The summed E-state index contributed by atoms with van der Waals surface area (Å²) in [4.78, 5) is 27.2. The van der Waals surface area contributed by atoms with Crippen LogP contribution in [-0.2, 0) is 18.3 Å². The van der Waals surface area contributed by atoms with Gasteiger partial charge in [-0.2, -0.15) is 26.3 Å². The highest BCUT2D eigenvalue weighted by atomic mass is 19.4. The predicted octanol–water partition coefficient (Wildman–Crippen LogP) is 3.62. The van der Waals surface area contributed by atoms with Gasteiger partial charge < -0.3 is 10.6 Å². The van der Waals surface area contributed by atoms with Crippen LogP contribution in [0.15, 0.2) is 35.4 Å². The fourth-order valence-corrected chi connectivity index (χ4v) is 3.24. The van der Waals surface area contributed by atoms with Crippen molar-refractivity contribution in [3.8, 4) is 11.8 Å². The third kappa shape index (κ3) is 4.02. The van der Waals surface area contributed by atoms with Gasteiger partial charge in [0.25, 0.3) is 5.56 Å². The minimum Gasteiger partial charge on any atom is -0.310 e. The SMILES string of the molecule is O=C1Nc2cc(Cn3cnc(C(F)(F)F)cc3=O)ccc2C(C#CC2CC2)(C(F)(F)F)N1. The van der Waals surface area contributed by atoms with Crippen LogP contribution in [0.3, 0.4) is 0 Å². The smallest absolute Gasteiger partial charge is 0.310 e. The van der Waals surface area contributed by atoms with Gasteiger partial charge in [0.1, 0.15) is 0 Å². The van der Waals surface area contributed by atoms with Gasteiger partial charge in [0.15, 0.2) is 5.69 Å². The summed E-state index contributed by atoms with van der Waals surface area (Å²) in [7, 11) is 0. The van der Waals surface area contributed by atoms with Crippen LogP contribution in [0.2, 0.25) is 0 Å². The number of alkyl halides is 6. The Hall–Kier alpha value is -3.49. The van der Waals surface area contributed by atoms with Crippen molar-refractivity contribution in [1.29, 1.82) is 0 Å². The Morgan fingerprint density at radius 2 is 1.84 bits per heavy atom. The van der Waals surface area contributed by atoms with Crippen molar-refractivity contribution in [1.82, 2.24) is 14.9 Å². The number of rotatable bonds is 2. The van der Waals surface area contributed by atoms with E-state index >= 15 is 0 Å². The van der Waals surface area contributed by atoms with E-state index < -0.39 is 35.2 Å². The first kappa shape index (κ1) is 21.7. The lowest BCUT2D eigenvalue weighted by atomic mass is 9.85. The summed E-state index contributed by atoms with van der Waals surface area (Å²) in [5.41, 5.74) is -5.47. The van der Waals surface area contributed by atoms with E-state index in [0.717, 1.165) is 10.6 Å². The molecule has 1 aliphatic heterocycles. The highest BCUT2D eigenvalue weighted by molar-refractivity contribution is 5.95. The molecule has 1 saturated carbocycles. The first-order chi connectivity index (χ1) is 14.9. The normalized spacial score (nSPS) is 20.5. The zero-order chi connectivity index (χ0) is 23.3. The van der Waals surface area contributed by atoms with E-state index in [-0.39, 0.29) is 29.3 Å². The van der Waals surface area contributed by atoms with E-state index in [4.69, 9.17) is 0 Å². The van der Waals surface area contributed by atoms with Crippen LogP contribution in [0, 0.1) is 17.8 Å². The number of nitrogens with zero attached hydrogens (tertiary/aromatic N) is 2. The summed E-state index contributed by atoms with van der Waals surface area (Å²) >= 11 is 0. The molecule has 2 amide bonds. The fourth-order valence-electron chi connectivity index (χ4n) is 3.24. The summed E-state index contributed by atoms with van der Waals surface area (Å²) in [6.07, 6.45) is -7.63. The molecular weight excluding hydrogens is 442 g/mol. The molecule has 0 radical (unpaired) electrons. The first-order valence-electron chi connectivity index (χ1n) is 9.35. The van der Waals surface area contributed by atoms with E-state index in [2.05, 4.69) is 22.1 Å². The van der Waals surface area contributed by atoms with E-state index in [1.165, 1.54) is 12.1 Å². The van der Waals surface area contributed by atoms with Gasteiger partial charge in [0.05, 0.1) is 12.9 Å². The molecule has 168 valence electrons. The molecule has 1 atom stereocenters. The Morgan fingerprint density at radius 3 is 2.44 bits per heavy atom. The lowest BCUT2D eigenvalue weighted by molar-refractivity contribution is -0.178. The van der Waals surface area contributed by atoms with Gasteiger partial charge >= 0.3 is 18.4 Å². The Balaban J connectivity index is 1.72. The Labute approximate surface area is 176 Å². The number of hydrogen-bond donors (Lipinski definition) is 2. The number of carbonyl (C=O) groups excluding carboxylic acids is 1. The molecule has 12 heteroatoms. The minimum absolute atomic E-state index is 0.150. The monoisotopic (exact) mass is 456 g/mol. The van der Waals surface area contributed by atoms with E-state index in [9.17, 15) is 35.9 Å². The highest BCUT2D eigenvalue weighted by Crippen LogP contribution is 2.44. The van der Waals surface area contributed by atoms with Crippen LogP contribution in [0.5, 0.6) is 0 Å². The van der Waals surface area contributed by atoms with Crippen LogP contribution >= 0.6 is 0 Å². The second kappa shape index (κ2) is 7.29. The van der Waals surface area contributed by atoms with Crippen LogP contribution in [0.4, 0.5) is 36.8 Å². The number of fused-ring (bicyclic) bond motifs is 1. The molecule has 1 aliphatic carbocycles. The van der Waals surface area contributed by atoms with Gasteiger partial charge in [-0.05, 0) is 24.5 Å². The zero-order valence-electron chi connectivity index (χ0n) is 16.1. The maximum atomic E-state index is 14.1. The van der Waals surface area contributed by atoms with Gasteiger partial charge in [-0.3, -0.25) is 9.36 Å². The van der Waals surface area contributed by atoms with Gasteiger partial charge in [-0.15, -0.1) is 0 Å². The van der Waals surface area contributed by atoms with Gasteiger partial charge in [-0.25, -0.2) is 9.78 Å².